The summed E-state index contributed by atoms with van der Waals surface area (Å²) in [7, 11) is 3.61. The molecule has 3 amide bonds. The van der Waals surface area contributed by atoms with Crippen LogP contribution in [-0.2, 0) is 18.9 Å². The van der Waals surface area contributed by atoms with E-state index >= 15 is 0 Å². The van der Waals surface area contributed by atoms with Crippen LogP contribution in [0, 0.1) is 0 Å². The molecule has 1 aromatic heterocycles. The van der Waals surface area contributed by atoms with Gasteiger partial charge in [0.1, 0.15) is 11.6 Å². The second-order valence-electron chi connectivity index (χ2n) is 10.9. The van der Waals surface area contributed by atoms with Crippen LogP contribution in [0.2, 0.25) is 5.02 Å². The van der Waals surface area contributed by atoms with Crippen LogP contribution in [0.3, 0.4) is 0 Å². The highest BCUT2D eigenvalue weighted by Crippen LogP contribution is 2.27. The standard InChI is InChI=1S/C29H38ClN5O3/c1-18(2)38-25-13-12-21(15-23(25)30)26(36)32-22(16-35(7)28(31)37)14-19-8-10-20(11-9-19)24-17-34(6)27(33-24)29(3,4)5/h8-13,15,17-18,22H,14,16H2,1-7H3,(H2,31,37)(H,32,36). The quantitative estimate of drug-likeness (QED) is 0.391. The van der Waals surface area contributed by atoms with Gasteiger partial charge < -0.3 is 25.3 Å². The molecule has 0 saturated carbocycles. The lowest BCUT2D eigenvalue weighted by Gasteiger charge is -2.24. The van der Waals surface area contributed by atoms with Crippen molar-refractivity contribution in [2.75, 3.05) is 13.6 Å². The van der Waals surface area contributed by atoms with Crippen LogP contribution in [0.1, 0.15) is 56.4 Å². The normalized spacial score (nSPS) is 12.3. The fraction of sp³-hybridized carbons (Fsp3) is 0.414. The van der Waals surface area contributed by atoms with Crippen molar-refractivity contribution in [3.8, 4) is 17.0 Å². The summed E-state index contributed by atoms with van der Waals surface area (Å²) in [4.78, 5) is 31.0. The number of carbonyl (C=O) groups excluding carboxylic acids is 2. The number of benzene rings is 2. The number of imidazole rings is 1. The second-order valence-corrected chi connectivity index (χ2v) is 11.3. The molecule has 0 spiro atoms. The second kappa shape index (κ2) is 11.9. The van der Waals surface area contributed by atoms with Crippen molar-refractivity contribution in [2.45, 2.75) is 58.6 Å². The number of nitrogens with two attached hydrogens (primary N) is 1. The molecule has 0 aliphatic heterocycles. The van der Waals surface area contributed by atoms with Gasteiger partial charge in [0.05, 0.1) is 22.9 Å². The molecule has 0 saturated heterocycles. The molecule has 3 N–H and O–H groups in total. The molecule has 0 fully saturated rings. The number of nitrogens with zero attached hydrogens (tertiary/aromatic N) is 3. The van der Waals surface area contributed by atoms with E-state index in [9.17, 15) is 9.59 Å². The molecule has 38 heavy (non-hydrogen) atoms. The summed E-state index contributed by atoms with van der Waals surface area (Å²) in [6.45, 7) is 10.5. The number of hydrogen-bond donors (Lipinski definition) is 2. The van der Waals surface area contributed by atoms with E-state index in [0.717, 1.165) is 22.6 Å². The van der Waals surface area contributed by atoms with Crippen molar-refractivity contribution in [1.82, 2.24) is 19.8 Å². The average molecular weight is 540 g/mol. The molecular formula is C29H38ClN5O3. The first-order valence-electron chi connectivity index (χ1n) is 12.7. The van der Waals surface area contributed by atoms with Crippen LogP contribution >= 0.6 is 11.6 Å². The Morgan fingerprint density at radius 3 is 2.34 bits per heavy atom. The smallest absolute Gasteiger partial charge is 0.314 e. The summed E-state index contributed by atoms with van der Waals surface area (Å²) in [5.41, 5.74) is 8.72. The molecule has 0 radical (unpaired) electrons. The Hall–Kier alpha value is -3.52. The molecule has 1 unspecified atom stereocenters. The van der Waals surface area contributed by atoms with Gasteiger partial charge in [-0.15, -0.1) is 0 Å². The highest BCUT2D eigenvalue weighted by Gasteiger charge is 2.22. The molecule has 8 nitrogen and oxygen atoms in total. The van der Waals surface area contributed by atoms with Gasteiger partial charge in [-0.1, -0.05) is 56.6 Å². The zero-order chi connectivity index (χ0) is 28.2. The van der Waals surface area contributed by atoms with Crippen LogP contribution in [0.4, 0.5) is 4.79 Å². The largest absolute Gasteiger partial charge is 0.489 e. The molecule has 3 aromatic rings. The average Bonchev–Trinajstić information content (AvgIpc) is 3.22. The summed E-state index contributed by atoms with van der Waals surface area (Å²) >= 11 is 6.33. The molecule has 3 rings (SSSR count). The predicted molar refractivity (Wildman–Crippen MR) is 152 cm³/mol. The lowest BCUT2D eigenvalue weighted by atomic mass is 9.96. The maximum absolute atomic E-state index is 13.1. The maximum Gasteiger partial charge on any atom is 0.314 e. The zero-order valence-electron chi connectivity index (χ0n) is 23.2. The predicted octanol–water partition coefficient (Wildman–Crippen LogP) is 5.18. The Morgan fingerprint density at radius 2 is 1.82 bits per heavy atom. The van der Waals surface area contributed by atoms with Gasteiger partial charge in [-0.2, -0.15) is 0 Å². The van der Waals surface area contributed by atoms with Crippen molar-refractivity contribution < 1.29 is 14.3 Å². The van der Waals surface area contributed by atoms with E-state index in [1.165, 1.54) is 4.90 Å². The van der Waals surface area contributed by atoms with Crippen molar-refractivity contribution in [3.05, 3.63) is 70.6 Å². The molecule has 204 valence electrons. The van der Waals surface area contributed by atoms with Gasteiger partial charge >= 0.3 is 6.03 Å². The molecule has 2 aromatic carbocycles. The number of aromatic nitrogens is 2. The molecule has 9 heteroatoms. The fourth-order valence-electron chi connectivity index (χ4n) is 4.24. The minimum Gasteiger partial charge on any atom is -0.489 e. The minimum absolute atomic E-state index is 0.0366. The van der Waals surface area contributed by atoms with E-state index in [-0.39, 0.29) is 30.0 Å². The lowest BCUT2D eigenvalue weighted by Crippen LogP contribution is -2.47. The number of carbonyl (C=O) groups is 2. The van der Waals surface area contributed by atoms with Crippen LogP contribution in [0.25, 0.3) is 11.3 Å². The van der Waals surface area contributed by atoms with Crippen LogP contribution in [0.15, 0.2) is 48.7 Å². The van der Waals surface area contributed by atoms with Gasteiger partial charge in [0, 0.05) is 43.4 Å². The van der Waals surface area contributed by atoms with E-state index < -0.39 is 6.03 Å². The van der Waals surface area contributed by atoms with Crippen molar-refractivity contribution >= 4 is 23.5 Å². The molecule has 1 heterocycles. The highest BCUT2D eigenvalue weighted by atomic mass is 35.5. The number of nitrogens with one attached hydrogen (secondary N) is 1. The summed E-state index contributed by atoms with van der Waals surface area (Å²) in [5, 5.41) is 3.38. The fourth-order valence-corrected chi connectivity index (χ4v) is 4.47. The Balaban J connectivity index is 1.77. The van der Waals surface area contributed by atoms with Gasteiger partial charge in [-0.05, 0) is 44.0 Å². The van der Waals surface area contributed by atoms with E-state index in [4.69, 9.17) is 27.1 Å². The molecule has 0 aliphatic rings. The minimum atomic E-state index is -0.567. The Morgan fingerprint density at radius 1 is 1.16 bits per heavy atom. The topological polar surface area (TPSA) is 102 Å². The van der Waals surface area contributed by atoms with Crippen LogP contribution in [-0.4, -0.2) is 52.1 Å². The maximum atomic E-state index is 13.1. The number of hydrogen-bond acceptors (Lipinski definition) is 4. The van der Waals surface area contributed by atoms with Gasteiger partial charge in [0.25, 0.3) is 5.91 Å². The number of aryl methyl sites for hydroxylation is 1. The zero-order valence-corrected chi connectivity index (χ0v) is 24.0. The van der Waals surface area contributed by atoms with Gasteiger partial charge in [-0.3, -0.25) is 4.79 Å². The third kappa shape index (κ3) is 7.51. The first-order valence-corrected chi connectivity index (χ1v) is 13.0. The van der Waals surface area contributed by atoms with Crippen LogP contribution in [0.5, 0.6) is 5.75 Å². The Bertz CT molecular complexity index is 1280. The molecule has 0 aliphatic carbocycles. The molecule has 1 atom stereocenters. The van der Waals surface area contributed by atoms with E-state index in [1.807, 2.05) is 51.4 Å². The number of amides is 3. The van der Waals surface area contributed by atoms with E-state index in [2.05, 4.69) is 30.7 Å². The molecule has 0 bridgehead atoms. The SMILES string of the molecule is CC(C)Oc1ccc(C(=O)NC(Cc2ccc(-c3cn(C)c(C(C)(C)C)n3)cc2)CN(C)C(N)=O)cc1Cl. The first-order chi connectivity index (χ1) is 17.7. The van der Waals surface area contributed by atoms with Crippen molar-refractivity contribution in [3.63, 3.8) is 0 Å². The van der Waals surface area contributed by atoms with E-state index in [0.29, 0.717) is 22.8 Å². The number of ether oxygens (including phenoxy) is 1. The summed E-state index contributed by atoms with van der Waals surface area (Å²) in [6, 6.07) is 12.1. The first kappa shape index (κ1) is 29.0. The van der Waals surface area contributed by atoms with Gasteiger partial charge in [-0.25, -0.2) is 9.78 Å². The van der Waals surface area contributed by atoms with Crippen molar-refractivity contribution in [1.29, 1.82) is 0 Å². The summed E-state index contributed by atoms with van der Waals surface area (Å²) < 4.78 is 7.71. The Kier molecular flexibility index (Phi) is 9.09. The van der Waals surface area contributed by atoms with Gasteiger partial charge in [0.15, 0.2) is 0 Å². The monoisotopic (exact) mass is 539 g/mol. The third-order valence-electron chi connectivity index (χ3n) is 6.04. The van der Waals surface area contributed by atoms with Gasteiger partial charge in [0.2, 0.25) is 0 Å². The summed E-state index contributed by atoms with van der Waals surface area (Å²) in [5.74, 6) is 1.23. The Labute approximate surface area is 230 Å². The molecular weight excluding hydrogens is 502 g/mol. The van der Waals surface area contributed by atoms with Crippen molar-refractivity contribution in [2.24, 2.45) is 12.8 Å². The highest BCUT2D eigenvalue weighted by molar-refractivity contribution is 6.32. The number of rotatable bonds is 9. The summed E-state index contributed by atoms with van der Waals surface area (Å²) in [6.07, 6.45) is 2.50. The number of urea groups is 1. The third-order valence-corrected chi connectivity index (χ3v) is 6.34. The van der Waals surface area contributed by atoms with Crippen LogP contribution < -0.4 is 15.8 Å². The van der Waals surface area contributed by atoms with E-state index in [1.54, 1.807) is 25.2 Å². The number of likely N-dealkylation sites (N-methyl/N-ethyl adjacent to an activating group) is 1. The lowest BCUT2D eigenvalue weighted by molar-refractivity contribution is 0.0929. The number of halogens is 1. The number of primary amides is 1.